The van der Waals surface area contributed by atoms with Gasteiger partial charge in [-0.25, -0.2) is 0 Å². The largest absolute Gasteiger partial charge is 0.491 e. The Balaban J connectivity index is 0.00000324. The molecular weight excluding hydrogens is 287 g/mol. The second-order valence-corrected chi connectivity index (χ2v) is 5.20. The summed E-state index contributed by atoms with van der Waals surface area (Å²) >= 11 is 5.92. The second-order valence-electron chi connectivity index (χ2n) is 4.79. The highest BCUT2D eigenvalue weighted by Gasteiger charge is 2.12. The van der Waals surface area contributed by atoms with Crippen molar-refractivity contribution in [1.82, 2.24) is 5.32 Å². The molecule has 0 heterocycles. The Morgan fingerprint density at radius 1 is 1.42 bits per heavy atom. The summed E-state index contributed by atoms with van der Waals surface area (Å²) < 4.78 is 5.42. The molecule has 0 aliphatic carbocycles. The van der Waals surface area contributed by atoms with E-state index in [9.17, 15) is 4.79 Å². The molecule has 0 unspecified atom stereocenters. The summed E-state index contributed by atoms with van der Waals surface area (Å²) in [5, 5.41) is 3.29. The molecule has 0 atom stereocenters. The zero-order valence-corrected chi connectivity index (χ0v) is 12.7. The molecule has 0 fully saturated rings. The lowest BCUT2D eigenvalue weighted by molar-refractivity contribution is -0.121. The van der Waals surface area contributed by atoms with Crippen LogP contribution in [0, 0.1) is 0 Å². The van der Waals surface area contributed by atoms with Crippen LogP contribution < -0.4 is 15.8 Å². The third-order valence-corrected chi connectivity index (χ3v) is 2.48. The van der Waals surface area contributed by atoms with E-state index in [0.717, 1.165) is 0 Å². The van der Waals surface area contributed by atoms with E-state index in [1.54, 1.807) is 12.1 Å². The Morgan fingerprint density at radius 2 is 2.05 bits per heavy atom. The van der Waals surface area contributed by atoms with E-state index >= 15 is 0 Å². The first-order valence-corrected chi connectivity index (χ1v) is 6.19. The standard InChI is InChI=1S/C13H19ClN2O2.ClH/c1-13(2,15)9-16-12(17)7-8-18-11-6-4-3-5-10(11)14;/h3-6H,7-9,15H2,1-2H3,(H,16,17);1H. The molecule has 0 aliphatic heterocycles. The van der Waals surface area contributed by atoms with Gasteiger partial charge in [0.25, 0.3) is 0 Å². The minimum atomic E-state index is -0.404. The SMILES string of the molecule is CC(C)(N)CNC(=O)CCOc1ccccc1Cl.Cl. The highest BCUT2D eigenvalue weighted by molar-refractivity contribution is 6.32. The third-order valence-electron chi connectivity index (χ3n) is 2.16. The molecule has 0 aromatic heterocycles. The maximum absolute atomic E-state index is 11.5. The van der Waals surface area contributed by atoms with Crippen molar-refractivity contribution < 1.29 is 9.53 Å². The van der Waals surface area contributed by atoms with E-state index in [1.807, 2.05) is 26.0 Å². The fourth-order valence-electron chi connectivity index (χ4n) is 1.23. The molecule has 0 bridgehead atoms. The van der Waals surface area contributed by atoms with Crippen LogP contribution in [-0.4, -0.2) is 24.6 Å². The number of carbonyl (C=O) groups excluding carboxylic acids is 1. The smallest absolute Gasteiger partial charge is 0.223 e. The van der Waals surface area contributed by atoms with Crippen LogP contribution in [0.4, 0.5) is 0 Å². The first kappa shape index (κ1) is 18.0. The summed E-state index contributed by atoms with van der Waals surface area (Å²) in [6, 6.07) is 7.17. The number of amides is 1. The molecule has 1 amide bonds. The molecule has 4 nitrogen and oxygen atoms in total. The average Bonchev–Trinajstić information content (AvgIpc) is 2.28. The molecule has 1 aromatic rings. The average molecular weight is 307 g/mol. The molecule has 0 spiro atoms. The van der Waals surface area contributed by atoms with Gasteiger partial charge in [0.05, 0.1) is 18.1 Å². The van der Waals surface area contributed by atoms with E-state index in [0.29, 0.717) is 23.9 Å². The molecule has 3 N–H and O–H groups in total. The lowest BCUT2D eigenvalue weighted by atomic mass is 10.1. The number of ether oxygens (including phenoxy) is 1. The van der Waals surface area contributed by atoms with E-state index in [4.69, 9.17) is 22.1 Å². The van der Waals surface area contributed by atoms with Crippen LogP contribution in [0.1, 0.15) is 20.3 Å². The van der Waals surface area contributed by atoms with Gasteiger partial charge in [0, 0.05) is 12.1 Å². The predicted molar refractivity (Wildman–Crippen MR) is 80.1 cm³/mol. The molecular formula is C13H20Cl2N2O2. The van der Waals surface area contributed by atoms with Crippen molar-refractivity contribution in [2.45, 2.75) is 25.8 Å². The first-order valence-electron chi connectivity index (χ1n) is 5.81. The Morgan fingerprint density at radius 3 is 2.63 bits per heavy atom. The number of hydrogen-bond acceptors (Lipinski definition) is 3. The van der Waals surface area contributed by atoms with Crippen molar-refractivity contribution >= 4 is 29.9 Å². The fourth-order valence-corrected chi connectivity index (χ4v) is 1.42. The number of hydrogen-bond donors (Lipinski definition) is 2. The second kappa shape index (κ2) is 8.25. The molecule has 0 aliphatic rings. The molecule has 0 saturated carbocycles. The van der Waals surface area contributed by atoms with Gasteiger partial charge in [-0.05, 0) is 26.0 Å². The van der Waals surface area contributed by atoms with Gasteiger partial charge in [-0.1, -0.05) is 23.7 Å². The van der Waals surface area contributed by atoms with Gasteiger partial charge in [-0.15, -0.1) is 12.4 Å². The van der Waals surface area contributed by atoms with Crippen LogP contribution in [0.15, 0.2) is 24.3 Å². The Hall–Kier alpha value is -0.970. The normalized spacial score (nSPS) is 10.5. The summed E-state index contributed by atoms with van der Waals surface area (Å²) in [7, 11) is 0. The number of halogens is 2. The maximum atomic E-state index is 11.5. The number of para-hydroxylation sites is 1. The number of nitrogens with one attached hydrogen (secondary N) is 1. The Labute approximate surface area is 125 Å². The molecule has 108 valence electrons. The van der Waals surface area contributed by atoms with Crippen molar-refractivity contribution in [2.24, 2.45) is 5.73 Å². The Bertz CT molecular complexity index is 406. The number of benzene rings is 1. The highest BCUT2D eigenvalue weighted by atomic mass is 35.5. The Kier molecular flexibility index (Phi) is 7.83. The zero-order valence-electron chi connectivity index (χ0n) is 11.1. The molecule has 0 radical (unpaired) electrons. The van der Waals surface area contributed by atoms with Crippen LogP contribution in [0.25, 0.3) is 0 Å². The lowest BCUT2D eigenvalue weighted by Crippen LogP contribution is -2.45. The number of carbonyl (C=O) groups is 1. The minimum Gasteiger partial charge on any atom is -0.491 e. The van der Waals surface area contributed by atoms with Crippen LogP contribution >= 0.6 is 24.0 Å². The van der Waals surface area contributed by atoms with Crippen LogP contribution in [0.3, 0.4) is 0 Å². The lowest BCUT2D eigenvalue weighted by Gasteiger charge is -2.18. The van der Waals surface area contributed by atoms with Gasteiger partial charge >= 0.3 is 0 Å². The summed E-state index contributed by atoms with van der Waals surface area (Å²) in [6.07, 6.45) is 0.279. The van der Waals surface area contributed by atoms with Crippen molar-refractivity contribution in [3.05, 3.63) is 29.3 Å². The summed E-state index contributed by atoms with van der Waals surface area (Å²) in [5.74, 6) is 0.506. The van der Waals surface area contributed by atoms with E-state index < -0.39 is 5.54 Å². The third kappa shape index (κ3) is 7.93. The predicted octanol–water partition coefficient (Wildman–Crippen LogP) is 2.38. The topological polar surface area (TPSA) is 64.3 Å². The number of nitrogens with two attached hydrogens (primary N) is 1. The van der Waals surface area contributed by atoms with Crippen molar-refractivity contribution in [3.8, 4) is 5.75 Å². The molecule has 1 rings (SSSR count). The van der Waals surface area contributed by atoms with E-state index in [1.165, 1.54) is 0 Å². The van der Waals surface area contributed by atoms with Gasteiger partial charge in [-0.3, -0.25) is 4.79 Å². The van der Waals surface area contributed by atoms with Gasteiger partial charge in [0.1, 0.15) is 5.75 Å². The molecule has 6 heteroatoms. The summed E-state index contributed by atoms with van der Waals surface area (Å²) in [4.78, 5) is 11.5. The van der Waals surface area contributed by atoms with Crippen molar-refractivity contribution in [2.75, 3.05) is 13.2 Å². The van der Waals surface area contributed by atoms with Gasteiger partial charge < -0.3 is 15.8 Å². The summed E-state index contributed by atoms with van der Waals surface area (Å²) in [6.45, 7) is 4.44. The van der Waals surface area contributed by atoms with E-state index in [-0.39, 0.29) is 24.7 Å². The minimum absolute atomic E-state index is 0. The van der Waals surface area contributed by atoms with E-state index in [2.05, 4.69) is 5.32 Å². The first-order chi connectivity index (χ1) is 8.38. The van der Waals surface area contributed by atoms with Crippen LogP contribution in [-0.2, 0) is 4.79 Å². The van der Waals surface area contributed by atoms with Gasteiger partial charge in [-0.2, -0.15) is 0 Å². The highest BCUT2D eigenvalue weighted by Crippen LogP contribution is 2.22. The monoisotopic (exact) mass is 306 g/mol. The van der Waals surface area contributed by atoms with Gasteiger partial charge in [0.15, 0.2) is 0 Å². The van der Waals surface area contributed by atoms with Crippen LogP contribution in [0.2, 0.25) is 5.02 Å². The maximum Gasteiger partial charge on any atom is 0.223 e. The number of rotatable bonds is 6. The van der Waals surface area contributed by atoms with Crippen molar-refractivity contribution in [1.29, 1.82) is 0 Å². The fraction of sp³-hybridized carbons (Fsp3) is 0.462. The quantitative estimate of drug-likeness (QED) is 0.848. The van der Waals surface area contributed by atoms with Crippen LogP contribution in [0.5, 0.6) is 5.75 Å². The summed E-state index contributed by atoms with van der Waals surface area (Å²) in [5.41, 5.74) is 5.36. The molecule has 1 aromatic carbocycles. The molecule has 0 saturated heterocycles. The zero-order chi connectivity index (χ0) is 13.6. The van der Waals surface area contributed by atoms with Gasteiger partial charge in [0.2, 0.25) is 5.91 Å². The van der Waals surface area contributed by atoms with Crippen molar-refractivity contribution in [3.63, 3.8) is 0 Å². The molecule has 19 heavy (non-hydrogen) atoms.